The summed E-state index contributed by atoms with van der Waals surface area (Å²) in [6.07, 6.45) is 2.54. The van der Waals surface area contributed by atoms with E-state index in [1.54, 1.807) is 17.0 Å². The second-order valence-electron chi connectivity index (χ2n) is 7.86. The first-order valence-electron chi connectivity index (χ1n) is 10.4. The van der Waals surface area contributed by atoms with Crippen LogP contribution in [0.1, 0.15) is 35.2 Å². The molecule has 0 bridgehead atoms. The van der Waals surface area contributed by atoms with E-state index in [2.05, 4.69) is 11.0 Å². The lowest BCUT2D eigenvalue weighted by molar-refractivity contribution is -0.132. The van der Waals surface area contributed by atoms with Crippen molar-refractivity contribution in [1.82, 2.24) is 9.80 Å². The minimum atomic E-state index is -0.274. The van der Waals surface area contributed by atoms with Crippen LogP contribution in [0, 0.1) is 11.3 Å². The Balaban J connectivity index is 1.29. The molecule has 2 heterocycles. The molecule has 6 nitrogen and oxygen atoms in total. The van der Waals surface area contributed by atoms with Gasteiger partial charge in [0.2, 0.25) is 5.91 Å². The fourth-order valence-electron chi connectivity index (χ4n) is 4.15. The molecule has 154 valence electrons. The minimum Gasteiger partial charge on any atom is -0.489 e. The third-order valence-corrected chi connectivity index (χ3v) is 5.77. The number of hydrogen-bond donors (Lipinski definition) is 0. The van der Waals surface area contributed by atoms with E-state index in [0.29, 0.717) is 30.8 Å². The molecule has 1 amide bonds. The number of nitrogens with zero attached hydrogens (tertiary/aromatic N) is 3. The van der Waals surface area contributed by atoms with E-state index in [9.17, 15) is 14.9 Å². The number of carbonyl (C=O) groups is 2. The molecule has 0 saturated carbocycles. The molecule has 2 aromatic carbocycles. The molecule has 2 atom stereocenters. The van der Waals surface area contributed by atoms with Gasteiger partial charge in [0.05, 0.1) is 12.6 Å². The molecule has 4 rings (SSSR count). The Morgan fingerprint density at radius 3 is 2.47 bits per heavy atom. The molecular weight excluding hydrogens is 378 g/mol. The van der Waals surface area contributed by atoms with Crippen molar-refractivity contribution >= 4 is 11.7 Å². The molecule has 1 unspecified atom stereocenters. The predicted molar refractivity (Wildman–Crippen MR) is 112 cm³/mol. The number of hydrogen-bond acceptors (Lipinski definition) is 5. The first-order valence-corrected chi connectivity index (χ1v) is 10.4. The van der Waals surface area contributed by atoms with E-state index in [-0.39, 0.29) is 23.8 Å². The van der Waals surface area contributed by atoms with Crippen LogP contribution in [-0.4, -0.2) is 59.8 Å². The van der Waals surface area contributed by atoms with Crippen LogP contribution in [0.2, 0.25) is 0 Å². The molecule has 2 aliphatic rings. The van der Waals surface area contributed by atoms with Gasteiger partial charge in [0, 0.05) is 30.8 Å². The molecule has 0 spiro atoms. The van der Waals surface area contributed by atoms with Gasteiger partial charge in [-0.2, -0.15) is 5.26 Å². The number of ketones is 1. The highest BCUT2D eigenvalue weighted by molar-refractivity contribution is 6.08. The van der Waals surface area contributed by atoms with Crippen molar-refractivity contribution in [2.24, 2.45) is 0 Å². The van der Waals surface area contributed by atoms with Crippen LogP contribution in [-0.2, 0) is 4.79 Å². The Labute approximate surface area is 176 Å². The van der Waals surface area contributed by atoms with Crippen LogP contribution < -0.4 is 4.74 Å². The first kappa shape index (κ1) is 20.1. The van der Waals surface area contributed by atoms with E-state index in [4.69, 9.17) is 4.74 Å². The highest BCUT2D eigenvalue weighted by Gasteiger charge is 2.32. The van der Waals surface area contributed by atoms with E-state index in [0.717, 1.165) is 31.6 Å². The lowest BCUT2D eigenvalue weighted by Gasteiger charge is -2.23. The highest BCUT2D eigenvalue weighted by atomic mass is 16.5. The molecule has 2 aliphatic heterocycles. The normalized spacial score (nSPS) is 21.4. The maximum absolute atomic E-state index is 12.5. The Morgan fingerprint density at radius 1 is 1.00 bits per heavy atom. The standard InChI is InChI=1S/C24H25N3O3/c25-15-20-7-4-13-27(20)23(28)17-26-14-12-22(16-26)30-21-10-8-19(9-11-21)24(29)18-5-2-1-3-6-18/h1-3,5-6,8-11,20,22H,4,7,12-14,16-17H2/t20?,22-/m0/s1. The van der Waals surface area contributed by atoms with Crippen molar-refractivity contribution in [2.45, 2.75) is 31.4 Å². The Hall–Kier alpha value is -3.17. The fourth-order valence-corrected chi connectivity index (χ4v) is 4.15. The summed E-state index contributed by atoms with van der Waals surface area (Å²) in [4.78, 5) is 28.8. The summed E-state index contributed by atoms with van der Waals surface area (Å²) in [5.41, 5.74) is 1.30. The van der Waals surface area contributed by atoms with Crippen LogP contribution in [0.4, 0.5) is 0 Å². The van der Waals surface area contributed by atoms with Crippen LogP contribution >= 0.6 is 0 Å². The van der Waals surface area contributed by atoms with Crippen molar-refractivity contribution < 1.29 is 14.3 Å². The molecule has 2 fully saturated rings. The van der Waals surface area contributed by atoms with Gasteiger partial charge >= 0.3 is 0 Å². The van der Waals surface area contributed by atoms with Crippen molar-refractivity contribution in [3.63, 3.8) is 0 Å². The second kappa shape index (κ2) is 9.10. The molecule has 2 aromatic rings. The van der Waals surface area contributed by atoms with Crippen molar-refractivity contribution in [1.29, 1.82) is 5.26 Å². The second-order valence-corrected chi connectivity index (χ2v) is 7.86. The topological polar surface area (TPSA) is 73.6 Å². The third kappa shape index (κ3) is 4.52. The van der Waals surface area contributed by atoms with Crippen molar-refractivity contribution in [2.75, 3.05) is 26.2 Å². The summed E-state index contributed by atoms with van der Waals surface area (Å²) in [5, 5.41) is 9.17. The number of rotatable bonds is 6. The molecule has 0 aromatic heterocycles. The van der Waals surface area contributed by atoms with Crippen LogP contribution in [0.25, 0.3) is 0 Å². The largest absolute Gasteiger partial charge is 0.489 e. The smallest absolute Gasteiger partial charge is 0.237 e. The minimum absolute atomic E-state index is 0.00899. The van der Waals surface area contributed by atoms with Gasteiger partial charge in [-0.15, -0.1) is 0 Å². The van der Waals surface area contributed by atoms with Crippen LogP contribution in [0.3, 0.4) is 0 Å². The first-order chi connectivity index (χ1) is 14.6. The van der Waals surface area contributed by atoms with Gasteiger partial charge in [0.15, 0.2) is 5.78 Å². The summed E-state index contributed by atoms with van der Waals surface area (Å²) >= 11 is 0. The molecule has 2 saturated heterocycles. The molecule has 30 heavy (non-hydrogen) atoms. The van der Waals surface area contributed by atoms with Gasteiger partial charge in [0.1, 0.15) is 17.9 Å². The number of amides is 1. The SMILES string of the molecule is N#CC1CCCN1C(=O)CN1CC[C@H](Oc2ccc(C(=O)c3ccccc3)cc2)C1. The summed E-state index contributed by atoms with van der Waals surface area (Å²) in [6, 6.07) is 18.4. The molecular formula is C24H25N3O3. The number of likely N-dealkylation sites (tertiary alicyclic amines) is 2. The predicted octanol–water partition coefficient (Wildman–Crippen LogP) is 2.89. The highest BCUT2D eigenvalue weighted by Crippen LogP contribution is 2.21. The number of benzene rings is 2. The summed E-state index contributed by atoms with van der Waals surface area (Å²) < 4.78 is 6.07. The van der Waals surface area contributed by atoms with Crippen molar-refractivity contribution in [3.8, 4) is 11.8 Å². The van der Waals surface area contributed by atoms with Crippen LogP contribution in [0.15, 0.2) is 54.6 Å². The van der Waals surface area contributed by atoms with Gasteiger partial charge in [-0.1, -0.05) is 30.3 Å². The van der Waals surface area contributed by atoms with E-state index in [1.165, 1.54) is 0 Å². The van der Waals surface area contributed by atoms with Gasteiger partial charge in [-0.25, -0.2) is 0 Å². The van der Waals surface area contributed by atoms with Gasteiger partial charge in [-0.3, -0.25) is 14.5 Å². The Kier molecular flexibility index (Phi) is 6.10. The quantitative estimate of drug-likeness (QED) is 0.694. The summed E-state index contributed by atoms with van der Waals surface area (Å²) in [7, 11) is 0. The number of nitriles is 1. The maximum atomic E-state index is 12.5. The third-order valence-electron chi connectivity index (χ3n) is 5.77. The average molecular weight is 403 g/mol. The summed E-state index contributed by atoms with van der Waals surface area (Å²) in [6.45, 7) is 2.50. The lowest BCUT2D eigenvalue weighted by Crippen LogP contribution is -2.42. The molecule has 0 N–H and O–H groups in total. The summed E-state index contributed by atoms with van der Waals surface area (Å²) in [5.74, 6) is 0.746. The van der Waals surface area contributed by atoms with Crippen molar-refractivity contribution in [3.05, 3.63) is 65.7 Å². The Morgan fingerprint density at radius 2 is 1.73 bits per heavy atom. The Bertz CT molecular complexity index is 936. The molecule has 6 heteroatoms. The zero-order valence-electron chi connectivity index (χ0n) is 16.9. The number of carbonyl (C=O) groups excluding carboxylic acids is 2. The molecule has 0 aliphatic carbocycles. The zero-order valence-corrected chi connectivity index (χ0v) is 16.9. The monoisotopic (exact) mass is 403 g/mol. The van der Waals surface area contributed by atoms with Gasteiger partial charge in [-0.05, 0) is 43.5 Å². The van der Waals surface area contributed by atoms with E-state index < -0.39 is 0 Å². The van der Waals surface area contributed by atoms with E-state index >= 15 is 0 Å². The van der Waals surface area contributed by atoms with Gasteiger partial charge < -0.3 is 9.64 Å². The number of ether oxygens (including phenoxy) is 1. The zero-order chi connectivity index (χ0) is 20.9. The van der Waals surface area contributed by atoms with Crippen LogP contribution in [0.5, 0.6) is 5.75 Å². The lowest BCUT2D eigenvalue weighted by atomic mass is 10.0. The van der Waals surface area contributed by atoms with E-state index in [1.807, 2.05) is 42.5 Å². The molecule has 0 radical (unpaired) electrons. The van der Waals surface area contributed by atoms with Gasteiger partial charge in [0.25, 0.3) is 0 Å². The fraction of sp³-hybridized carbons (Fsp3) is 0.375. The maximum Gasteiger partial charge on any atom is 0.237 e. The average Bonchev–Trinajstić information content (AvgIpc) is 3.43.